The summed E-state index contributed by atoms with van der Waals surface area (Å²) in [6, 6.07) is 19.8. The van der Waals surface area contributed by atoms with Crippen LogP contribution in [0.25, 0.3) is 0 Å². The van der Waals surface area contributed by atoms with E-state index in [1.54, 1.807) is 17.2 Å². The maximum atomic E-state index is 12.0. The second kappa shape index (κ2) is 6.03. The van der Waals surface area contributed by atoms with Gasteiger partial charge in [0.05, 0.1) is 0 Å². The number of fused-ring (bicyclic) bond motifs is 1. The summed E-state index contributed by atoms with van der Waals surface area (Å²) < 4.78 is 33.5. The Hall–Kier alpha value is -3.19. The molecule has 7 heteroatoms. The van der Waals surface area contributed by atoms with Crippen molar-refractivity contribution in [3.63, 3.8) is 0 Å². The van der Waals surface area contributed by atoms with Gasteiger partial charge < -0.3 is 4.74 Å². The van der Waals surface area contributed by atoms with Crippen LogP contribution in [0.3, 0.4) is 0 Å². The number of rotatable bonds is 3. The predicted octanol–water partition coefficient (Wildman–Crippen LogP) is 3.74. The van der Waals surface area contributed by atoms with Crippen molar-refractivity contribution in [1.82, 2.24) is 4.98 Å². The van der Waals surface area contributed by atoms with Crippen molar-refractivity contribution in [3.05, 3.63) is 72.9 Å². The molecule has 0 aliphatic carbocycles. The number of anilines is 2. The van der Waals surface area contributed by atoms with E-state index in [1.165, 1.54) is 12.4 Å². The minimum absolute atomic E-state index is 0.0853. The van der Waals surface area contributed by atoms with E-state index in [4.69, 9.17) is 4.74 Å². The lowest BCUT2D eigenvalue weighted by Gasteiger charge is -2.23. The summed E-state index contributed by atoms with van der Waals surface area (Å²) in [5.74, 6) is 1.75. The van der Waals surface area contributed by atoms with Gasteiger partial charge in [-0.05, 0) is 48.5 Å². The Morgan fingerprint density at radius 2 is 1.56 bits per heavy atom. The van der Waals surface area contributed by atoms with Gasteiger partial charge in [0.2, 0.25) is 0 Å². The highest BCUT2D eigenvalue weighted by atomic mass is 32.2. The molecule has 0 fully saturated rings. The van der Waals surface area contributed by atoms with E-state index in [0.29, 0.717) is 11.6 Å². The molecule has 1 aliphatic rings. The number of sulfonamides is 1. The molecule has 25 heavy (non-hydrogen) atoms. The van der Waals surface area contributed by atoms with Crippen molar-refractivity contribution in [2.75, 3.05) is 4.90 Å². The van der Waals surface area contributed by atoms with E-state index in [2.05, 4.69) is 9.38 Å². The van der Waals surface area contributed by atoms with Crippen LogP contribution < -0.4 is 9.64 Å². The second-order valence-electron chi connectivity index (χ2n) is 5.30. The first-order valence-corrected chi connectivity index (χ1v) is 8.95. The molecule has 0 atom stereocenters. The molecule has 1 aromatic heterocycles. The maximum Gasteiger partial charge on any atom is 0.287 e. The molecule has 2 aromatic carbocycles. The Balaban J connectivity index is 1.65. The Morgan fingerprint density at radius 1 is 0.840 bits per heavy atom. The lowest BCUT2D eigenvalue weighted by molar-refractivity contribution is 0.483. The summed E-state index contributed by atoms with van der Waals surface area (Å²) in [5, 5.41) is 0. The average molecular weight is 351 g/mol. The number of ether oxygens (including phenoxy) is 1. The van der Waals surface area contributed by atoms with Crippen LogP contribution in [0.2, 0.25) is 0 Å². The summed E-state index contributed by atoms with van der Waals surface area (Å²) in [7, 11) is -3.69. The third-order valence-electron chi connectivity index (χ3n) is 3.65. The smallest absolute Gasteiger partial charge is 0.287 e. The minimum Gasteiger partial charge on any atom is -0.457 e. The zero-order valence-electron chi connectivity index (χ0n) is 13.0. The normalized spacial score (nSPS) is 14.8. The quantitative estimate of drug-likeness (QED) is 0.719. The second-order valence-corrected chi connectivity index (χ2v) is 6.90. The third-order valence-corrected chi connectivity index (χ3v) is 4.90. The highest BCUT2D eigenvalue weighted by Crippen LogP contribution is 2.33. The number of nitrogens with zero attached hydrogens (tertiary/aromatic N) is 3. The molecule has 0 saturated carbocycles. The van der Waals surface area contributed by atoms with E-state index in [9.17, 15) is 8.42 Å². The van der Waals surface area contributed by atoms with Gasteiger partial charge in [0.1, 0.15) is 22.7 Å². The average Bonchev–Trinajstić information content (AvgIpc) is 2.64. The highest BCUT2D eigenvalue weighted by Gasteiger charge is 2.27. The van der Waals surface area contributed by atoms with Crippen LogP contribution in [0.15, 0.2) is 82.2 Å². The number of pyridine rings is 1. The van der Waals surface area contributed by atoms with Crippen molar-refractivity contribution >= 4 is 27.9 Å². The van der Waals surface area contributed by atoms with Gasteiger partial charge in [-0.1, -0.05) is 18.2 Å². The summed E-state index contributed by atoms with van der Waals surface area (Å²) in [6.07, 6.45) is 2.81. The summed E-state index contributed by atoms with van der Waals surface area (Å²) in [4.78, 5) is 5.90. The van der Waals surface area contributed by atoms with Crippen LogP contribution in [0.1, 0.15) is 0 Å². The Bertz CT molecular complexity index is 1030. The molecule has 2 heterocycles. The molecule has 0 amide bonds. The molecule has 0 radical (unpaired) electrons. The molecule has 0 spiro atoms. The van der Waals surface area contributed by atoms with E-state index < -0.39 is 10.0 Å². The van der Waals surface area contributed by atoms with Crippen LogP contribution in [-0.4, -0.2) is 19.7 Å². The van der Waals surface area contributed by atoms with Crippen LogP contribution in [-0.2, 0) is 10.0 Å². The molecular weight excluding hydrogens is 338 g/mol. The van der Waals surface area contributed by atoms with Gasteiger partial charge in [-0.25, -0.2) is 4.98 Å². The standard InChI is InChI=1S/C18H13N3O3S/c22-25(23)17-7-4-12-19-18(17)21(13-20-25)14-8-10-16(11-9-14)24-15-5-2-1-3-6-15/h1-13H. The Morgan fingerprint density at radius 3 is 2.32 bits per heavy atom. The van der Waals surface area contributed by atoms with E-state index >= 15 is 0 Å². The fraction of sp³-hybridized carbons (Fsp3) is 0. The fourth-order valence-electron chi connectivity index (χ4n) is 2.47. The number of aromatic nitrogens is 1. The number of benzene rings is 2. The lowest BCUT2D eigenvalue weighted by atomic mass is 10.2. The van der Waals surface area contributed by atoms with Gasteiger partial charge in [-0.15, -0.1) is 4.40 Å². The Kier molecular flexibility index (Phi) is 3.70. The van der Waals surface area contributed by atoms with Gasteiger partial charge in [0.25, 0.3) is 10.0 Å². The van der Waals surface area contributed by atoms with E-state index in [0.717, 1.165) is 11.4 Å². The number of hydrogen-bond acceptors (Lipinski definition) is 5. The number of para-hydroxylation sites is 1. The molecule has 3 aromatic rings. The Labute approximate surface area is 145 Å². The zero-order chi connectivity index (χ0) is 17.3. The number of hydrogen-bond donors (Lipinski definition) is 0. The van der Waals surface area contributed by atoms with E-state index in [-0.39, 0.29) is 4.90 Å². The van der Waals surface area contributed by atoms with Gasteiger partial charge >= 0.3 is 0 Å². The summed E-state index contributed by atoms with van der Waals surface area (Å²) in [5.41, 5.74) is 0.735. The minimum atomic E-state index is -3.69. The molecule has 4 rings (SSSR count). The highest BCUT2D eigenvalue weighted by molar-refractivity contribution is 7.90. The molecular formula is C18H13N3O3S. The van der Waals surface area contributed by atoms with Crippen molar-refractivity contribution < 1.29 is 13.2 Å². The van der Waals surface area contributed by atoms with Crippen molar-refractivity contribution in [3.8, 4) is 11.5 Å². The van der Waals surface area contributed by atoms with Gasteiger partial charge in [0.15, 0.2) is 5.82 Å². The van der Waals surface area contributed by atoms with Crippen molar-refractivity contribution in [1.29, 1.82) is 0 Å². The largest absolute Gasteiger partial charge is 0.457 e. The molecule has 1 aliphatic heterocycles. The fourth-order valence-corrected chi connectivity index (χ4v) is 3.44. The van der Waals surface area contributed by atoms with Gasteiger partial charge in [0, 0.05) is 11.9 Å². The molecule has 0 saturated heterocycles. The third kappa shape index (κ3) is 2.97. The topological polar surface area (TPSA) is 71.9 Å². The zero-order valence-corrected chi connectivity index (χ0v) is 13.8. The van der Waals surface area contributed by atoms with E-state index in [1.807, 2.05) is 54.6 Å². The lowest BCUT2D eigenvalue weighted by Crippen LogP contribution is -2.23. The summed E-state index contributed by atoms with van der Waals surface area (Å²) in [6.45, 7) is 0. The first-order valence-electron chi connectivity index (χ1n) is 7.51. The molecule has 0 unspecified atom stereocenters. The predicted molar refractivity (Wildman–Crippen MR) is 95.0 cm³/mol. The van der Waals surface area contributed by atoms with Crippen LogP contribution in [0.5, 0.6) is 11.5 Å². The first-order chi connectivity index (χ1) is 12.1. The first kappa shape index (κ1) is 15.3. The van der Waals surface area contributed by atoms with Crippen LogP contribution >= 0.6 is 0 Å². The van der Waals surface area contributed by atoms with Gasteiger partial charge in [-0.3, -0.25) is 4.90 Å². The molecule has 124 valence electrons. The monoisotopic (exact) mass is 351 g/mol. The van der Waals surface area contributed by atoms with Crippen molar-refractivity contribution in [2.45, 2.75) is 4.90 Å². The summed E-state index contributed by atoms with van der Waals surface area (Å²) >= 11 is 0. The SMILES string of the molecule is O=S1(=O)N=CN(c2ccc(Oc3ccccc3)cc2)c2ncccc21. The van der Waals surface area contributed by atoms with Crippen LogP contribution in [0, 0.1) is 0 Å². The molecule has 0 N–H and O–H groups in total. The maximum absolute atomic E-state index is 12.0. The molecule has 6 nitrogen and oxygen atoms in total. The van der Waals surface area contributed by atoms with Crippen LogP contribution in [0.4, 0.5) is 11.5 Å². The van der Waals surface area contributed by atoms with Crippen molar-refractivity contribution in [2.24, 2.45) is 4.40 Å². The van der Waals surface area contributed by atoms with Gasteiger partial charge in [-0.2, -0.15) is 8.42 Å². The molecule has 0 bridgehead atoms.